The number of aromatic nitrogens is 3. The summed E-state index contributed by atoms with van der Waals surface area (Å²) >= 11 is 8.08. The standard InChI is InChI=1S/C22H28ClN5S/c1-14-19(23)16(6-10-25-14)29-21-20(15-4-5-15)27-18(13-26-21)28-11-8-22(9-12-28)7-2-3-17(22)24/h6,10,13,15,17H,2-5,7-9,11-12,24H2,1H3/t17-/m1/s1. The molecule has 154 valence electrons. The number of hydrogen-bond acceptors (Lipinski definition) is 6. The predicted octanol–water partition coefficient (Wildman–Crippen LogP) is 4.96. The summed E-state index contributed by atoms with van der Waals surface area (Å²) in [5.41, 5.74) is 8.81. The SMILES string of the molecule is Cc1nccc(Sc2ncc(N3CCC4(CCC[C@H]4N)CC3)nc2C2CC2)c1Cl. The second kappa shape index (κ2) is 7.71. The van der Waals surface area contributed by atoms with E-state index in [1.165, 1.54) is 44.9 Å². The molecule has 3 heterocycles. The Morgan fingerprint density at radius 3 is 2.66 bits per heavy atom. The van der Waals surface area contributed by atoms with E-state index in [4.69, 9.17) is 27.3 Å². The molecular weight excluding hydrogens is 402 g/mol. The summed E-state index contributed by atoms with van der Waals surface area (Å²) in [6.07, 6.45) is 12.3. The van der Waals surface area contributed by atoms with Crippen LogP contribution in [0.3, 0.4) is 0 Å². The number of hydrogen-bond donors (Lipinski definition) is 1. The minimum Gasteiger partial charge on any atom is -0.355 e. The Hall–Kier alpha value is -1.37. The van der Waals surface area contributed by atoms with Crippen LogP contribution < -0.4 is 10.6 Å². The van der Waals surface area contributed by atoms with Crippen LogP contribution in [0.5, 0.6) is 0 Å². The Labute approximate surface area is 181 Å². The van der Waals surface area contributed by atoms with Crippen LogP contribution >= 0.6 is 23.4 Å². The van der Waals surface area contributed by atoms with Crippen molar-refractivity contribution >= 4 is 29.2 Å². The van der Waals surface area contributed by atoms with Crippen LogP contribution in [0.15, 0.2) is 28.4 Å². The molecule has 1 spiro atoms. The Bertz CT molecular complexity index is 908. The van der Waals surface area contributed by atoms with Crippen molar-refractivity contribution in [1.29, 1.82) is 0 Å². The first-order valence-corrected chi connectivity index (χ1v) is 11.9. The number of pyridine rings is 1. The van der Waals surface area contributed by atoms with Gasteiger partial charge in [-0.25, -0.2) is 9.97 Å². The summed E-state index contributed by atoms with van der Waals surface area (Å²) in [5, 5.41) is 1.69. The fraction of sp³-hybridized carbons (Fsp3) is 0.591. The molecule has 2 aromatic heterocycles. The van der Waals surface area contributed by atoms with Crippen LogP contribution in [-0.2, 0) is 0 Å². The zero-order valence-electron chi connectivity index (χ0n) is 16.9. The molecular formula is C22H28ClN5S. The summed E-state index contributed by atoms with van der Waals surface area (Å²) in [4.78, 5) is 17.6. The van der Waals surface area contributed by atoms with Crippen molar-refractivity contribution < 1.29 is 0 Å². The topological polar surface area (TPSA) is 67.9 Å². The van der Waals surface area contributed by atoms with E-state index in [0.717, 1.165) is 40.2 Å². The van der Waals surface area contributed by atoms with Crippen LogP contribution in [0.2, 0.25) is 5.02 Å². The highest BCUT2D eigenvalue weighted by atomic mass is 35.5. The van der Waals surface area contributed by atoms with E-state index >= 15 is 0 Å². The number of nitrogens with two attached hydrogens (primary N) is 1. The smallest absolute Gasteiger partial charge is 0.147 e. The van der Waals surface area contributed by atoms with E-state index in [9.17, 15) is 0 Å². The lowest BCUT2D eigenvalue weighted by molar-refractivity contribution is 0.197. The normalized spacial score (nSPS) is 23.7. The molecule has 0 aromatic carbocycles. The van der Waals surface area contributed by atoms with Gasteiger partial charge in [0, 0.05) is 36.1 Å². The Kier molecular flexibility index (Phi) is 5.21. The fourth-order valence-electron chi connectivity index (χ4n) is 4.91. The van der Waals surface area contributed by atoms with Crippen molar-refractivity contribution in [3.05, 3.63) is 34.9 Å². The summed E-state index contributed by atoms with van der Waals surface area (Å²) in [5.74, 6) is 1.56. The highest BCUT2D eigenvalue weighted by Crippen LogP contribution is 2.47. The zero-order valence-corrected chi connectivity index (χ0v) is 18.5. The summed E-state index contributed by atoms with van der Waals surface area (Å²) in [6, 6.07) is 2.34. The molecule has 3 aliphatic rings. The molecule has 2 aromatic rings. The summed E-state index contributed by atoms with van der Waals surface area (Å²) in [7, 11) is 0. The van der Waals surface area contributed by atoms with E-state index < -0.39 is 0 Å². The third-order valence-corrected chi connectivity index (χ3v) is 8.67. The third kappa shape index (κ3) is 3.75. The van der Waals surface area contributed by atoms with Gasteiger partial charge in [-0.1, -0.05) is 29.8 Å². The van der Waals surface area contributed by atoms with Crippen molar-refractivity contribution in [2.45, 2.75) is 73.8 Å². The number of nitrogens with zero attached hydrogens (tertiary/aromatic N) is 4. The summed E-state index contributed by atoms with van der Waals surface area (Å²) < 4.78 is 0. The third-order valence-electron chi connectivity index (χ3n) is 7.01. The molecule has 3 fully saturated rings. The van der Waals surface area contributed by atoms with Crippen LogP contribution in [0.1, 0.15) is 62.3 Å². The molecule has 2 aliphatic carbocycles. The van der Waals surface area contributed by atoms with Crippen LogP contribution in [-0.4, -0.2) is 34.1 Å². The maximum atomic E-state index is 6.46. The molecule has 5 nitrogen and oxygen atoms in total. The van der Waals surface area contributed by atoms with Crippen molar-refractivity contribution in [1.82, 2.24) is 15.0 Å². The van der Waals surface area contributed by atoms with Gasteiger partial charge in [0.1, 0.15) is 10.8 Å². The lowest BCUT2D eigenvalue weighted by atomic mass is 9.74. The Morgan fingerprint density at radius 1 is 1.17 bits per heavy atom. The summed E-state index contributed by atoms with van der Waals surface area (Å²) in [6.45, 7) is 4.01. The van der Waals surface area contributed by atoms with Crippen LogP contribution in [0.4, 0.5) is 5.82 Å². The van der Waals surface area contributed by atoms with Crippen LogP contribution in [0, 0.1) is 12.3 Å². The molecule has 0 bridgehead atoms. The molecule has 1 atom stereocenters. The predicted molar refractivity (Wildman–Crippen MR) is 118 cm³/mol. The molecule has 1 saturated heterocycles. The van der Waals surface area contributed by atoms with Crippen molar-refractivity contribution in [2.24, 2.45) is 11.1 Å². The van der Waals surface area contributed by atoms with Gasteiger partial charge < -0.3 is 10.6 Å². The minimum atomic E-state index is 0.370. The molecule has 5 rings (SSSR count). The van der Waals surface area contributed by atoms with Crippen molar-refractivity contribution in [3.8, 4) is 0 Å². The van der Waals surface area contributed by atoms with Gasteiger partial charge in [-0.3, -0.25) is 4.98 Å². The average molecular weight is 430 g/mol. The second-order valence-corrected chi connectivity index (χ2v) is 10.3. The number of aryl methyl sites for hydroxylation is 1. The maximum Gasteiger partial charge on any atom is 0.147 e. The average Bonchev–Trinajstić information content (AvgIpc) is 3.52. The number of anilines is 1. The highest BCUT2D eigenvalue weighted by molar-refractivity contribution is 7.99. The quantitative estimate of drug-likeness (QED) is 0.740. The fourth-order valence-corrected chi connectivity index (χ4v) is 6.14. The van der Waals surface area contributed by atoms with Gasteiger partial charge in [0.05, 0.1) is 22.6 Å². The maximum absolute atomic E-state index is 6.46. The van der Waals surface area contributed by atoms with E-state index in [0.29, 0.717) is 22.4 Å². The molecule has 1 aliphatic heterocycles. The lowest BCUT2D eigenvalue weighted by Gasteiger charge is -2.42. The van der Waals surface area contributed by atoms with Crippen molar-refractivity contribution in [3.63, 3.8) is 0 Å². The molecule has 0 unspecified atom stereocenters. The molecule has 2 saturated carbocycles. The molecule has 0 amide bonds. The number of piperidine rings is 1. The van der Waals surface area contributed by atoms with Gasteiger partial charge in [-0.2, -0.15) is 0 Å². The molecule has 0 radical (unpaired) electrons. The van der Waals surface area contributed by atoms with Gasteiger partial charge in [0.15, 0.2) is 0 Å². The van der Waals surface area contributed by atoms with Gasteiger partial charge in [-0.05, 0) is 56.9 Å². The lowest BCUT2D eigenvalue weighted by Crippen LogP contribution is -2.47. The van der Waals surface area contributed by atoms with E-state index in [2.05, 4.69) is 9.88 Å². The zero-order chi connectivity index (χ0) is 20.0. The largest absolute Gasteiger partial charge is 0.355 e. The monoisotopic (exact) mass is 429 g/mol. The minimum absolute atomic E-state index is 0.370. The first-order valence-electron chi connectivity index (χ1n) is 10.7. The highest BCUT2D eigenvalue weighted by Gasteiger charge is 2.43. The first-order chi connectivity index (χ1) is 14.1. The van der Waals surface area contributed by atoms with Gasteiger partial charge in [-0.15, -0.1) is 0 Å². The van der Waals surface area contributed by atoms with E-state index in [-0.39, 0.29) is 0 Å². The molecule has 2 N–H and O–H groups in total. The van der Waals surface area contributed by atoms with E-state index in [1.807, 2.05) is 19.2 Å². The van der Waals surface area contributed by atoms with Crippen LogP contribution in [0.25, 0.3) is 0 Å². The molecule has 7 heteroatoms. The van der Waals surface area contributed by atoms with Gasteiger partial charge in [0.2, 0.25) is 0 Å². The van der Waals surface area contributed by atoms with E-state index in [1.54, 1.807) is 18.0 Å². The number of rotatable bonds is 4. The Morgan fingerprint density at radius 2 is 1.97 bits per heavy atom. The second-order valence-electron chi connectivity index (χ2n) is 8.85. The van der Waals surface area contributed by atoms with Gasteiger partial charge in [0.25, 0.3) is 0 Å². The van der Waals surface area contributed by atoms with Gasteiger partial charge >= 0.3 is 0 Å². The molecule has 29 heavy (non-hydrogen) atoms. The first kappa shape index (κ1) is 19.6. The Balaban J connectivity index is 1.36. The van der Waals surface area contributed by atoms with Crippen molar-refractivity contribution in [2.75, 3.05) is 18.0 Å². The number of halogens is 1.